The van der Waals surface area contributed by atoms with Crippen LogP contribution in [0.25, 0.3) is 10.8 Å². The molecule has 1 aromatic heterocycles. The number of benzene rings is 1. The molecule has 3 heteroatoms. The molecule has 0 atom stereocenters. The molecule has 0 aliphatic carbocycles. The van der Waals surface area contributed by atoms with Crippen LogP contribution in [0.5, 0.6) is 0 Å². The zero-order valence-electron chi connectivity index (χ0n) is 7.49. The maximum atomic E-state index is 4.13. The van der Waals surface area contributed by atoms with Crippen LogP contribution in [0.4, 0.5) is 5.69 Å². The summed E-state index contributed by atoms with van der Waals surface area (Å²) in [5.41, 5.74) is 2.23. The zero-order valence-corrected chi connectivity index (χ0v) is 7.49. The van der Waals surface area contributed by atoms with Gasteiger partial charge in [-0.05, 0) is 0 Å². The van der Waals surface area contributed by atoms with Gasteiger partial charge in [-0.1, -0.05) is 12.1 Å². The third-order valence-corrected chi connectivity index (χ3v) is 2.38. The Labute approximate surface area is 81.2 Å². The first-order chi connectivity index (χ1) is 6.95. The predicted molar refractivity (Wildman–Crippen MR) is 58.7 cm³/mol. The highest BCUT2D eigenvalue weighted by Gasteiger charge is 2.06. The van der Waals surface area contributed by atoms with E-state index in [1.54, 1.807) is 6.20 Å². The number of nitrogens with zero attached hydrogens (tertiary/aromatic N) is 1. The molecular formula is C11H9N3. The average molecular weight is 183 g/mol. The Morgan fingerprint density at radius 3 is 3.14 bits per heavy atom. The van der Waals surface area contributed by atoms with E-state index < -0.39 is 0 Å². The van der Waals surface area contributed by atoms with E-state index in [9.17, 15) is 0 Å². The minimum Gasteiger partial charge on any atom is -0.366 e. The molecule has 0 unspecified atom stereocenters. The number of hydrogen-bond donors (Lipinski definition) is 2. The van der Waals surface area contributed by atoms with Gasteiger partial charge in [0.05, 0.1) is 5.69 Å². The van der Waals surface area contributed by atoms with E-state index in [1.165, 1.54) is 10.8 Å². The number of aromatic amines is 1. The van der Waals surface area contributed by atoms with E-state index in [4.69, 9.17) is 0 Å². The van der Waals surface area contributed by atoms with Crippen LogP contribution in [0, 0.1) is 0 Å². The summed E-state index contributed by atoms with van der Waals surface area (Å²) in [6, 6.07) is 4.15. The molecule has 0 fully saturated rings. The van der Waals surface area contributed by atoms with Gasteiger partial charge in [-0.25, -0.2) is 0 Å². The van der Waals surface area contributed by atoms with Crippen LogP contribution in [0.15, 0.2) is 41.9 Å². The van der Waals surface area contributed by atoms with Crippen molar-refractivity contribution < 1.29 is 0 Å². The molecule has 3 rings (SSSR count). The van der Waals surface area contributed by atoms with Crippen molar-refractivity contribution >= 4 is 22.7 Å². The molecule has 3 nitrogen and oxygen atoms in total. The zero-order chi connectivity index (χ0) is 9.38. The van der Waals surface area contributed by atoms with Gasteiger partial charge < -0.3 is 10.3 Å². The Bertz CT molecular complexity index is 534. The van der Waals surface area contributed by atoms with Crippen molar-refractivity contribution in [2.45, 2.75) is 0 Å². The number of aliphatic imine (C=N–C) groups is 1. The molecule has 2 aromatic rings. The number of anilines is 1. The summed E-state index contributed by atoms with van der Waals surface area (Å²) in [4.78, 5) is 7.22. The van der Waals surface area contributed by atoms with Crippen molar-refractivity contribution in [1.82, 2.24) is 4.98 Å². The molecule has 2 N–H and O–H groups in total. The number of nitrogens with one attached hydrogen (secondary N) is 2. The molecule has 0 radical (unpaired) electrons. The van der Waals surface area contributed by atoms with E-state index >= 15 is 0 Å². The van der Waals surface area contributed by atoms with Crippen molar-refractivity contribution in [3.05, 3.63) is 42.5 Å². The van der Waals surface area contributed by atoms with Gasteiger partial charge in [0.1, 0.15) is 0 Å². The average Bonchev–Trinajstić information content (AvgIpc) is 2.55. The molecular weight excluding hydrogens is 174 g/mol. The molecule has 0 saturated heterocycles. The van der Waals surface area contributed by atoms with Gasteiger partial charge in [0.15, 0.2) is 0 Å². The summed E-state index contributed by atoms with van der Waals surface area (Å²) in [7, 11) is 0. The lowest BCUT2D eigenvalue weighted by molar-refractivity contribution is 1.43. The van der Waals surface area contributed by atoms with Gasteiger partial charge in [-0.3, -0.25) is 4.99 Å². The topological polar surface area (TPSA) is 40.2 Å². The molecule has 1 aliphatic heterocycles. The number of H-pyrrole nitrogens is 1. The Hall–Kier alpha value is -2.03. The van der Waals surface area contributed by atoms with Crippen molar-refractivity contribution in [2.24, 2.45) is 4.99 Å². The number of aromatic nitrogens is 1. The monoisotopic (exact) mass is 183 g/mol. The van der Waals surface area contributed by atoms with Crippen molar-refractivity contribution in [3.8, 4) is 0 Å². The van der Waals surface area contributed by atoms with E-state index in [0.29, 0.717) is 0 Å². The largest absolute Gasteiger partial charge is 0.366 e. The van der Waals surface area contributed by atoms with Crippen LogP contribution in [0.2, 0.25) is 0 Å². The predicted octanol–water partition coefficient (Wildman–Crippen LogP) is 2.48. The molecule has 0 amide bonds. The summed E-state index contributed by atoms with van der Waals surface area (Å²) in [6.45, 7) is 0. The minimum atomic E-state index is 1.11. The fourth-order valence-electron chi connectivity index (χ4n) is 1.70. The van der Waals surface area contributed by atoms with Gasteiger partial charge in [-0.15, -0.1) is 0 Å². The summed E-state index contributed by atoms with van der Waals surface area (Å²) < 4.78 is 0. The Balaban J connectivity index is 2.38. The lowest BCUT2D eigenvalue weighted by atomic mass is 10.1. The quantitative estimate of drug-likeness (QED) is 0.647. The van der Waals surface area contributed by atoms with E-state index in [-0.39, 0.29) is 0 Å². The molecule has 0 spiro atoms. The molecule has 68 valence electrons. The highest BCUT2D eigenvalue weighted by Crippen LogP contribution is 2.27. The number of hydrogen-bond acceptors (Lipinski definition) is 2. The fraction of sp³-hybridized carbons (Fsp3) is 0. The summed E-state index contributed by atoms with van der Waals surface area (Å²) in [6.07, 6.45) is 9.43. The highest BCUT2D eigenvalue weighted by molar-refractivity contribution is 6.03. The number of fused-ring (bicyclic) bond motifs is 3. The van der Waals surface area contributed by atoms with Crippen molar-refractivity contribution in [1.29, 1.82) is 0 Å². The lowest BCUT2D eigenvalue weighted by Crippen LogP contribution is -1.91. The van der Waals surface area contributed by atoms with Crippen LogP contribution in [0.3, 0.4) is 0 Å². The number of rotatable bonds is 0. The maximum absolute atomic E-state index is 4.13. The normalized spacial score (nSPS) is 13.7. The van der Waals surface area contributed by atoms with E-state index in [0.717, 1.165) is 11.3 Å². The fourth-order valence-corrected chi connectivity index (χ4v) is 1.70. The standard InChI is InChI=1S/C11H9N3/c1-2-9-6-12-3-4-14-11(9)10-7-13-5-8(1)10/h1-7,13-14H. The van der Waals surface area contributed by atoms with E-state index in [1.807, 2.05) is 24.8 Å². The molecule has 14 heavy (non-hydrogen) atoms. The van der Waals surface area contributed by atoms with Gasteiger partial charge in [0, 0.05) is 47.3 Å². The summed E-state index contributed by atoms with van der Waals surface area (Å²) in [5, 5.41) is 5.63. The van der Waals surface area contributed by atoms with Crippen LogP contribution in [-0.2, 0) is 0 Å². The Kier molecular flexibility index (Phi) is 1.44. The smallest absolute Gasteiger partial charge is 0.0564 e. The van der Waals surface area contributed by atoms with Crippen LogP contribution in [-0.4, -0.2) is 11.2 Å². The first kappa shape index (κ1) is 7.38. The van der Waals surface area contributed by atoms with E-state index in [2.05, 4.69) is 27.4 Å². The van der Waals surface area contributed by atoms with Gasteiger partial charge in [0.25, 0.3) is 0 Å². The lowest BCUT2D eigenvalue weighted by Gasteiger charge is -2.05. The van der Waals surface area contributed by atoms with Gasteiger partial charge >= 0.3 is 0 Å². The molecule has 0 saturated carbocycles. The first-order valence-electron chi connectivity index (χ1n) is 4.49. The molecule has 0 bridgehead atoms. The molecule has 1 aliphatic rings. The Morgan fingerprint density at radius 1 is 1.14 bits per heavy atom. The van der Waals surface area contributed by atoms with Gasteiger partial charge in [-0.2, -0.15) is 0 Å². The second kappa shape index (κ2) is 2.73. The van der Waals surface area contributed by atoms with Gasteiger partial charge in [0.2, 0.25) is 0 Å². The van der Waals surface area contributed by atoms with Crippen LogP contribution in [0.1, 0.15) is 5.56 Å². The highest BCUT2D eigenvalue weighted by atomic mass is 14.9. The molecule has 2 heterocycles. The second-order valence-electron chi connectivity index (χ2n) is 3.23. The Morgan fingerprint density at radius 2 is 2.14 bits per heavy atom. The maximum Gasteiger partial charge on any atom is 0.0564 e. The van der Waals surface area contributed by atoms with Crippen molar-refractivity contribution in [2.75, 3.05) is 5.32 Å². The first-order valence-corrected chi connectivity index (χ1v) is 4.49. The van der Waals surface area contributed by atoms with Crippen LogP contribution < -0.4 is 5.32 Å². The minimum absolute atomic E-state index is 1.11. The van der Waals surface area contributed by atoms with Crippen LogP contribution >= 0.6 is 0 Å². The molecule has 1 aromatic carbocycles. The third-order valence-electron chi connectivity index (χ3n) is 2.38. The van der Waals surface area contributed by atoms with Crippen molar-refractivity contribution in [3.63, 3.8) is 0 Å². The summed E-state index contributed by atoms with van der Waals surface area (Å²) in [5.74, 6) is 0. The third kappa shape index (κ3) is 0.956. The second-order valence-corrected chi connectivity index (χ2v) is 3.23. The SMILES string of the molecule is C1=CNc2c(ccc3c[nH]cc23)C=N1. The summed E-state index contributed by atoms with van der Waals surface area (Å²) >= 11 is 0.